The molecule has 0 bridgehead atoms. The molecule has 2 amide bonds. The van der Waals surface area contributed by atoms with Crippen LogP contribution in [0.5, 0.6) is 11.5 Å². The molecule has 42 heavy (non-hydrogen) atoms. The number of hydrogen-bond acceptors (Lipinski definition) is 7. The van der Waals surface area contributed by atoms with Crippen molar-refractivity contribution in [2.24, 2.45) is 11.7 Å². The molecule has 1 aliphatic heterocycles. The highest BCUT2D eigenvalue weighted by molar-refractivity contribution is 6.00. The van der Waals surface area contributed by atoms with E-state index in [0.717, 1.165) is 24.5 Å². The fourth-order valence-electron chi connectivity index (χ4n) is 5.64. The van der Waals surface area contributed by atoms with E-state index in [1.54, 1.807) is 49.5 Å². The number of benzene rings is 2. The smallest absolute Gasteiger partial charge is 0.251 e. The lowest BCUT2D eigenvalue weighted by Gasteiger charge is -2.30. The summed E-state index contributed by atoms with van der Waals surface area (Å²) in [6.45, 7) is 1.66. The lowest BCUT2D eigenvalue weighted by atomic mass is 9.76. The molecule has 3 N–H and O–H groups in total. The fraction of sp³-hybridized carbons (Fsp3) is 0.281. The van der Waals surface area contributed by atoms with Crippen LogP contribution >= 0.6 is 0 Å². The van der Waals surface area contributed by atoms with Gasteiger partial charge >= 0.3 is 0 Å². The second kappa shape index (κ2) is 10.2. The minimum absolute atomic E-state index is 0.00387. The second-order valence-electron chi connectivity index (χ2n) is 11.1. The molecule has 0 spiro atoms. The molecule has 10 heteroatoms. The molecule has 2 aromatic carbocycles. The first-order valence-electron chi connectivity index (χ1n) is 13.6. The van der Waals surface area contributed by atoms with Crippen LogP contribution in [-0.4, -0.2) is 48.3 Å². The van der Waals surface area contributed by atoms with E-state index in [4.69, 9.17) is 20.2 Å². The number of halogens is 1. The highest BCUT2D eigenvalue weighted by Gasteiger charge is 2.51. The van der Waals surface area contributed by atoms with Crippen LogP contribution in [0.3, 0.4) is 0 Å². The number of ether oxygens (including phenoxy) is 2. The summed E-state index contributed by atoms with van der Waals surface area (Å²) in [4.78, 5) is 48.3. The summed E-state index contributed by atoms with van der Waals surface area (Å²) in [6.07, 6.45) is 4.00. The van der Waals surface area contributed by atoms with E-state index < -0.39 is 28.5 Å². The lowest BCUT2D eigenvalue weighted by Crippen LogP contribution is -2.45. The number of fused-ring (bicyclic) bond motifs is 2. The summed E-state index contributed by atoms with van der Waals surface area (Å²) in [5.41, 5.74) is 6.26. The molecule has 0 unspecified atom stereocenters. The van der Waals surface area contributed by atoms with Gasteiger partial charge < -0.3 is 25.3 Å². The number of pyridine rings is 2. The average molecular weight is 569 g/mol. The van der Waals surface area contributed by atoms with Gasteiger partial charge in [-0.2, -0.15) is 0 Å². The highest BCUT2D eigenvalue weighted by atomic mass is 19.1. The summed E-state index contributed by atoms with van der Waals surface area (Å²) in [5.74, 6) is -0.658. The number of carbonyl (C=O) groups is 3. The molecule has 9 nitrogen and oxygen atoms in total. The first kappa shape index (κ1) is 27.3. The van der Waals surface area contributed by atoms with Gasteiger partial charge in [0, 0.05) is 34.8 Å². The van der Waals surface area contributed by atoms with Gasteiger partial charge in [0.2, 0.25) is 5.91 Å². The van der Waals surface area contributed by atoms with Crippen LogP contribution in [0.1, 0.15) is 41.4 Å². The number of carbonyl (C=O) groups excluding carboxylic acids is 3. The Morgan fingerprint density at radius 2 is 1.98 bits per heavy atom. The van der Waals surface area contributed by atoms with Crippen molar-refractivity contribution in [2.45, 2.75) is 30.6 Å². The molecule has 0 saturated heterocycles. The van der Waals surface area contributed by atoms with Crippen molar-refractivity contribution in [2.75, 3.05) is 20.3 Å². The topological polar surface area (TPSA) is 134 Å². The molecule has 1 saturated carbocycles. The lowest BCUT2D eigenvalue weighted by molar-refractivity contribution is -0.123. The SMILES string of the molecule is COc1cc(C(=O)NC[C@](C=O)(c2cc3c(c(-c4ccc(F)cc4)n2)OC[C@]3(C)C(N)=O)C2CC2)cc2cccnc12. The van der Waals surface area contributed by atoms with Gasteiger partial charge in [-0.05, 0) is 74.2 Å². The molecule has 4 aromatic rings. The monoisotopic (exact) mass is 568 g/mol. The Balaban J connectivity index is 1.42. The van der Waals surface area contributed by atoms with Crippen molar-refractivity contribution in [1.82, 2.24) is 15.3 Å². The summed E-state index contributed by atoms with van der Waals surface area (Å²) in [7, 11) is 1.51. The average Bonchev–Trinajstić information content (AvgIpc) is 3.80. The van der Waals surface area contributed by atoms with Crippen LogP contribution in [0.4, 0.5) is 4.39 Å². The zero-order valence-electron chi connectivity index (χ0n) is 23.1. The highest BCUT2D eigenvalue weighted by Crippen LogP contribution is 2.50. The van der Waals surface area contributed by atoms with Crippen molar-refractivity contribution in [3.63, 3.8) is 0 Å². The van der Waals surface area contributed by atoms with Gasteiger partial charge in [-0.3, -0.25) is 14.6 Å². The molecule has 0 radical (unpaired) electrons. The summed E-state index contributed by atoms with van der Waals surface area (Å²) in [6, 6.07) is 14.4. The van der Waals surface area contributed by atoms with Crippen LogP contribution in [0.2, 0.25) is 0 Å². The predicted octanol–water partition coefficient (Wildman–Crippen LogP) is 3.86. The molecule has 2 aromatic heterocycles. The molecule has 2 atom stereocenters. The zero-order chi connectivity index (χ0) is 29.6. The number of nitrogens with two attached hydrogens (primary N) is 1. The van der Waals surface area contributed by atoms with Crippen molar-refractivity contribution < 1.29 is 28.2 Å². The molecule has 1 aliphatic carbocycles. The van der Waals surface area contributed by atoms with Crippen LogP contribution in [-0.2, 0) is 20.4 Å². The molecule has 3 heterocycles. The summed E-state index contributed by atoms with van der Waals surface area (Å²) in [5, 5.41) is 3.68. The molecule has 1 fully saturated rings. The molecular formula is C32H29FN4O5. The van der Waals surface area contributed by atoms with Gasteiger partial charge in [0.1, 0.15) is 46.8 Å². The second-order valence-corrected chi connectivity index (χ2v) is 11.1. The Morgan fingerprint density at radius 3 is 2.64 bits per heavy atom. The third kappa shape index (κ3) is 4.43. The van der Waals surface area contributed by atoms with Crippen molar-refractivity contribution in [3.8, 4) is 22.8 Å². The van der Waals surface area contributed by atoms with Gasteiger partial charge in [0.25, 0.3) is 5.91 Å². The largest absolute Gasteiger partial charge is 0.494 e. The maximum atomic E-state index is 13.8. The van der Waals surface area contributed by atoms with E-state index >= 15 is 0 Å². The Hall–Kier alpha value is -4.86. The maximum Gasteiger partial charge on any atom is 0.251 e. The summed E-state index contributed by atoms with van der Waals surface area (Å²) >= 11 is 0. The number of nitrogens with zero attached hydrogens (tertiary/aromatic N) is 2. The molecule has 2 aliphatic rings. The number of methoxy groups -OCH3 is 1. The Bertz CT molecular complexity index is 1740. The van der Waals surface area contributed by atoms with E-state index in [1.807, 2.05) is 6.07 Å². The minimum atomic E-state index is -1.19. The first-order chi connectivity index (χ1) is 20.2. The summed E-state index contributed by atoms with van der Waals surface area (Å²) < 4.78 is 25.2. The first-order valence-corrected chi connectivity index (χ1v) is 13.6. The number of aromatic nitrogens is 2. The van der Waals surface area contributed by atoms with E-state index in [1.165, 1.54) is 19.2 Å². The van der Waals surface area contributed by atoms with Crippen molar-refractivity contribution in [3.05, 3.63) is 83.4 Å². The Morgan fingerprint density at radius 1 is 1.21 bits per heavy atom. The molecule has 214 valence electrons. The van der Waals surface area contributed by atoms with E-state index in [-0.39, 0.29) is 19.1 Å². The quantitative estimate of drug-likeness (QED) is 0.293. The number of nitrogens with one attached hydrogen (secondary N) is 1. The van der Waals surface area contributed by atoms with E-state index in [9.17, 15) is 18.8 Å². The number of primary amides is 1. The van der Waals surface area contributed by atoms with Gasteiger partial charge in [-0.15, -0.1) is 0 Å². The molecular weight excluding hydrogens is 539 g/mol. The van der Waals surface area contributed by atoms with Gasteiger partial charge in [0.15, 0.2) is 0 Å². The standard InChI is InChI=1S/C32H29FN4O5/c1-31(30(34)40)17-42-28-23(31)14-25(37-27(28)18-5-9-22(33)10-6-18)32(16-38,21-7-8-21)15-36-29(39)20-12-19-4-3-11-35-26(19)24(13-20)41-2/h3-6,9-14,16,21H,7-8,15,17H2,1-2H3,(H2,34,40)(H,36,39)/t31-,32+/m0/s1. The van der Waals surface area contributed by atoms with Gasteiger partial charge in [-0.1, -0.05) is 6.07 Å². The van der Waals surface area contributed by atoms with Crippen molar-refractivity contribution in [1.29, 1.82) is 0 Å². The van der Waals surface area contributed by atoms with Crippen molar-refractivity contribution >= 4 is 29.0 Å². The Labute approximate surface area is 241 Å². The van der Waals surface area contributed by atoms with Crippen LogP contribution in [0, 0.1) is 11.7 Å². The maximum absolute atomic E-state index is 13.8. The normalized spacial score (nSPS) is 18.9. The van der Waals surface area contributed by atoms with Crippen LogP contribution < -0.4 is 20.5 Å². The molecule has 6 rings (SSSR count). The van der Waals surface area contributed by atoms with Crippen LogP contribution in [0.25, 0.3) is 22.2 Å². The minimum Gasteiger partial charge on any atom is -0.494 e. The van der Waals surface area contributed by atoms with Crippen LogP contribution in [0.15, 0.2) is 60.8 Å². The van der Waals surface area contributed by atoms with E-state index in [2.05, 4.69) is 10.3 Å². The fourth-order valence-corrected chi connectivity index (χ4v) is 5.64. The third-order valence-electron chi connectivity index (χ3n) is 8.42. The number of hydrogen-bond donors (Lipinski definition) is 2. The van der Waals surface area contributed by atoms with Gasteiger partial charge in [-0.25, -0.2) is 9.37 Å². The number of amides is 2. The predicted molar refractivity (Wildman–Crippen MR) is 153 cm³/mol. The van der Waals surface area contributed by atoms with Gasteiger partial charge in [0.05, 0.1) is 18.2 Å². The number of aldehydes is 1. The van der Waals surface area contributed by atoms with E-state index in [0.29, 0.717) is 45.1 Å². The number of rotatable bonds is 9. The zero-order valence-corrected chi connectivity index (χ0v) is 23.1. The Kier molecular flexibility index (Phi) is 6.64. The third-order valence-corrected chi connectivity index (χ3v) is 8.42.